The Hall–Kier alpha value is -2.34. The molecule has 0 radical (unpaired) electrons. The van der Waals surface area contributed by atoms with E-state index in [9.17, 15) is 9.18 Å². The van der Waals surface area contributed by atoms with Crippen molar-refractivity contribution in [3.8, 4) is 11.3 Å². The molecule has 26 heavy (non-hydrogen) atoms. The summed E-state index contributed by atoms with van der Waals surface area (Å²) in [7, 11) is 0. The molecule has 0 saturated carbocycles. The van der Waals surface area contributed by atoms with Gasteiger partial charge in [0.05, 0.1) is 4.91 Å². The lowest BCUT2D eigenvalue weighted by Gasteiger charge is -2.20. The van der Waals surface area contributed by atoms with E-state index >= 15 is 0 Å². The van der Waals surface area contributed by atoms with E-state index in [0.29, 0.717) is 16.4 Å². The molecule has 136 valence electrons. The van der Waals surface area contributed by atoms with Gasteiger partial charge in [-0.15, -0.1) is 0 Å². The van der Waals surface area contributed by atoms with E-state index in [-0.39, 0.29) is 23.8 Å². The van der Waals surface area contributed by atoms with Gasteiger partial charge in [-0.1, -0.05) is 0 Å². The third-order valence-electron chi connectivity index (χ3n) is 3.75. The SMILES string of the molecule is CC(C)N=C1S/C(=C/c2ccc(-c3ccc(F)cc3)o2)C(=O)N1C(C)C. The summed E-state index contributed by atoms with van der Waals surface area (Å²) in [6.45, 7) is 7.91. The van der Waals surface area contributed by atoms with Gasteiger partial charge < -0.3 is 4.42 Å². The van der Waals surface area contributed by atoms with Crippen molar-refractivity contribution in [1.29, 1.82) is 0 Å². The Morgan fingerprint density at radius 3 is 2.42 bits per heavy atom. The van der Waals surface area contributed by atoms with E-state index < -0.39 is 0 Å². The van der Waals surface area contributed by atoms with Gasteiger partial charge in [0.15, 0.2) is 5.17 Å². The minimum absolute atomic E-state index is 0.0322. The number of carbonyl (C=O) groups excluding carboxylic acids is 1. The molecule has 1 aliphatic heterocycles. The van der Waals surface area contributed by atoms with E-state index in [1.807, 2.05) is 33.8 Å². The van der Waals surface area contributed by atoms with Gasteiger partial charge in [0, 0.05) is 23.7 Å². The highest BCUT2D eigenvalue weighted by Crippen LogP contribution is 2.35. The van der Waals surface area contributed by atoms with Crippen molar-refractivity contribution >= 4 is 28.9 Å². The lowest BCUT2D eigenvalue weighted by Crippen LogP contribution is -2.35. The fraction of sp³-hybridized carbons (Fsp3) is 0.300. The molecule has 0 spiro atoms. The molecule has 6 heteroatoms. The van der Waals surface area contributed by atoms with Crippen LogP contribution < -0.4 is 0 Å². The average Bonchev–Trinajstić information content (AvgIpc) is 3.13. The van der Waals surface area contributed by atoms with Crippen LogP contribution >= 0.6 is 11.8 Å². The maximum absolute atomic E-state index is 13.1. The highest BCUT2D eigenvalue weighted by Gasteiger charge is 2.35. The Morgan fingerprint density at radius 1 is 1.12 bits per heavy atom. The topological polar surface area (TPSA) is 45.8 Å². The zero-order chi connectivity index (χ0) is 18.8. The number of thioether (sulfide) groups is 1. The van der Waals surface area contributed by atoms with Crippen LogP contribution in [-0.4, -0.2) is 28.1 Å². The van der Waals surface area contributed by atoms with Gasteiger partial charge in [-0.05, 0) is 75.9 Å². The van der Waals surface area contributed by atoms with Crippen molar-refractivity contribution in [2.45, 2.75) is 39.8 Å². The molecule has 1 aromatic heterocycles. The van der Waals surface area contributed by atoms with E-state index in [1.54, 1.807) is 29.2 Å². The van der Waals surface area contributed by atoms with Crippen molar-refractivity contribution < 1.29 is 13.6 Å². The van der Waals surface area contributed by atoms with E-state index in [4.69, 9.17) is 4.42 Å². The second kappa shape index (κ2) is 7.50. The minimum atomic E-state index is -0.290. The van der Waals surface area contributed by atoms with Crippen LogP contribution in [0.2, 0.25) is 0 Å². The lowest BCUT2D eigenvalue weighted by atomic mass is 10.2. The summed E-state index contributed by atoms with van der Waals surface area (Å²) >= 11 is 1.36. The number of benzene rings is 1. The number of amides is 1. The normalized spacial score (nSPS) is 18.1. The predicted molar refractivity (Wildman–Crippen MR) is 104 cm³/mol. The van der Waals surface area contributed by atoms with Crippen LogP contribution in [-0.2, 0) is 4.79 Å². The summed E-state index contributed by atoms with van der Waals surface area (Å²) in [6.07, 6.45) is 1.73. The first-order chi connectivity index (χ1) is 12.3. The summed E-state index contributed by atoms with van der Waals surface area (Å²) in [6, 6.07) is 9.86. The molecule has 1 aromatic carbocycles. The Kier molecular flexibility index (Phi) is 5.32. The van der Waals surface area contributed by atoms with Gasteiger partial charge in [0.2, 0.25) is 0 Å². The van der Waals surface area contributed by atoms with Gasteiger partial charge in [0.25, 0.3) is 5.91 Å². The maximum atomic E-state index is 13.1. The van der Waals surface area contributed by atoms with Crippen molar-refractivity contribution in [2.24, 2.45) is 4.99 Å². The largest absolute Gasteiger partial charge is 0.457 e. The number of aliphatic imine (C=N–C) groups is 1. The number of nitrogens with zero attached hydrogens (tertiary/aromatic N) is 2. The van der Waals surface area contributed by atoms with Crippen molar-refractivity contribution in [3.63, 3.8) is 0 Å². The van der Waals surface area contributed by atoms with Gasteiger partial charge in [-0.2, -0.15) is 0 Å². The van der Waals surface area contributed by atoms with E-state index in [1.165, 1.54) is 23.9 Å². The second-order valence-electron chi connectivity index (χ2n) is 6.59. The molecule has 0 bridgehead atoms. The first kappa shape index (κ1) is 18.5. The molecule has 0 N–H and O–H groups in total. The molecule has 1 saturated heterocycles. The molecule has 0 atom stereocenters. The maximum Gasteiger partial charge on any atom is 0.267 e. The van der Waals surface area contributed by atoms with Crippen LogP contribution in [0.5, 0.6) is 0 Å². The van der Waals surface area contributed by atoms with Crippen molar-refractivity contribution in [2.75, 3.05) is 0 Å². The van der Waals surface area contributed by atoms with E-state index in [0.717, 1.165) is 10.7 Å². The van der Waals surface area contributed by atoms with Crippen LogP contribution in [0.4, 0.5) is 4.39 Å². The van der Waals surface area contributed by atoms with Crippen molar-refractivity contribution in [1.82, 2.24) is 4.90 Å². The van der Waals surface area contributed by atoms with Gasteiger partial charge >= 0.3 is 0 Å². The van der Waals surface area contributed by atoms with Crippen LogP contribution in [0.1, 0.15) is 33.5 Å². The van der Waals surface area contributed by atoms with Gasteiger partial charge in [-0.25, -0.2) is 4.39 Å². The molecular weight excluding hydrogens is 351 g/mol. The van der Waals surface area contributed by atoms with Gasteiger partial charge in [-0.3, -0.25) is 14.7 Å². The fourth-order valence-corrected chi connectivity index (χ4v) is 3.79. The van der Waals surface area contributed by atoms with Gasteiger partial charge in [0.1, 0.15) is 17.3 Å². The summed E-state index contributed by atoms with van der Waals surface area (Å²) in [5.74, 6) is 0.851. The summed E-state index contributed by atoms with van der Waals surface area (Å²) in [5, 5.41) is 0.719. The second-order valence-corrected chi connectivity index (χ2v) is 7.60. The highest BCUT2D eigenvalue weighted by molar-refractivity contribution is 8.18. The number of halogens is 1. The molecule has 4 nitrogen and oxygen atoms in total. The van der Waals surface area contributed by atoms with Crippen LogP contribution in [0, 0.1) is 5.82 Å². The fourth-order valence-electron chi connectivity index (χ4n) is 2.58. The first-order valence-electron chi connectivity index (χ1n) is 8.52. The van der Waals surface area contributed by atoms with Crippen LogP contribution in [0.3, 0.4) is 0 Å². The standard InChI is InChI=1S/C20H21FN2O2S/c1-12(2)22-20-23(13(3)4)19(24)18(26-20)11-16-9-10-17(25-16)14-5-7-15(21)8-6-14/h5-13H,1-4H3/b18-11+,22-20?. The Morgan fingerprint density at radius 2 is 1.81 bits per heavy atom. The molecule has 3 rings (SSSR count). The number of carbonyl (C=O) groups is 1. The molecule has 0 aliphatic carbocycles. The number of hydrogen-bond donors (Lipinski definition) is 0. The Balaban J connectivity index is 1.88. The first-order valence-corrected chi connectivity index (χ1v) is 9.33. The molecule has 1 fully saturated rings. The number of furan rings is 1. The zero-order valence-electron chi connectivity index (χ0n) is 15.2. The molecule has 1 aliphatic rings. The van der Waals surface area contributed by atoms with Crippen LogP contribution in [0.25, 0.3) is 17.4 Å². The summed E-state index contributed by atoms with van der Waals surface area (Å²) < 4.78 is 18.9. The Bertz CT molecular complexity index is 866. The Labute approximate surface area is 156 Å². The van der Waals surface area contributed by atoms with Crippen LogP contribution in [0.15, 0.2) is 50.7 Å². The average molecular weight is 372 g/mol. The summed E-state index contributed by atoms with van der Waals surface area (Å²) in [5.41, 5.74) is 0.785. The highest BCUT2D eigenvalue weighted by atomic mass is 32.2. The monoisotopic (exact) mass is 372 g/mol. The number of rotatable bonds is 4. The molecule has 2 heterocycles. The number of hydrogen-bond acceptors (Lipinski definition) is 4. The summed E-state index contributed by atoms with van der Waals surface area (Å²) in [4.78, 5) is 19.6. The third kappa shape index (κ3) is 3.90. The quantitative estimate of drug-likeness (QED) is 0.695. The number of amidine groups is 1. The zero-order valence-corrected chi connectivity index (χ0v) is 16.0. The molecule has 1 amide bonds. The molecular formula is C20H21FN2O2S. The molecule has 2 aromatic rings. The lowest BCUT2D eigenvalue weighted by molar-refractivity contribution is -0.123. The van der Waals surface area contributed by atoms with Crippen molar-refractivity contribution in [3.05, 3.63) is 52.9 Å². The van der Waals surface area contributed by atoms with E-state index in [2.05, 4.69) is 4.99 Å². The smallest absolute Gasteiger partial charge is 0.267 e. The third-order valence-corrected chi connectivity index (χ3v) is 4.75. The predicted octanol–water partition coefficient (Wildman–Crippen LogP) is 5.17. The minimum Gasteiger partial charge on any atom is -0.457 e. The molecule has 0 unspecified atom stereocenters.